The molecule has 1 aliphatic carbocycles. The molecule has 0 bridgehead atoms. The molecule has 0 fully saturated rings. The summed E-state index contributed by atoms with van der Waals surface area (Å²) in [5, 5.41) is 6.31. The van der Waals surface area contributed by atoms with E-state index in [1.807, 2.05) is 20.2 Å². The summed E-state index contributed by atoms with van der Waals surface area (Å²) in [6.45, 7) is 0. The Labute approximate surface area is 157 Å². The van der Waals surface area contributed by atoms with Crippen molar-refractivity contribution in [2.45, 2.75) is 23.5 Å². The first-order chi connectivity index (χ1) is 11.7. The van der Waals surface area contributed by atoms with E-state index in [-0.39, 0.29) is 17.0 Å². The average molecular weight is 401 g/mol. The fourth-order valence-electron chi connectivity index (χ4n) is 3.07. The molecule has 0 radical (unpaired) electrons. The Morgan fingerprint density at radius 2 is 1.80 bits per heavy atom. The van der Waals surface area contributed by atoms with E-state index in [4.69, 9.17) is 33.1 Å². The standard InChI is InChI=1S/C17H18Cl2N2O3S/c1-21(2)16-9-13-14(7-10(18)8-15(13)19)17(16)24-11-3-5-12(6-4-11)25(20,22)23/h3-8,16-17H,9H2,1-2H3,(H2,20,22,23)/t16-,17-/m0/s1. The molecule has 134 valence electrons. The zero-order valence-corrected chi connectivity index (χ0v) is 16.1. The highest BCUT2D eigenvalue weighted by atomic mass is 35.5. The number of nitrogens with zero attached hydrogens (tertiary/aromatic N) is 1. The van der Waals surface area contributed by atoms with Gasteiger partial charge in [0, 0.05) is 15.6 Å². The smallest absolute Gasteiger partial charge is 0.238 e. The van der Waals surface area contributed by atoms with Gasteiger partial charge in [0.2, 0.25) is 10.0 Å². The maximum absolute atomic E-state index is 11.4. The average Bonchev–Trinajstić information content (AvgIpc) is 2.86. The van der Waals surface area contributed by atoms with Gasteiger partial charge < -0.3 is 9.64 Å². The van der Waals surface area contributed by atoms with E-state index in [0.717, 1.165) is 17.5 Å². The monoisotopic (exact) mass is 400 g/mol. The lowest BCUT2D eigenvalue weighted by atomic mass is 10.1. The quantitative estimate of drug-likeness (QED) is 0.854. The number of nitrogens with two attached hydrogens (primary N) is 1. The lowest BCUT2D eigenvalue weighted by Gasteiger charge is -2.27. The normalized spacial score (nSPS) is 19.9. The lowest BCUT2D eigenvalue weighted by molar-refractivity contribution is 0.111. The predicted molar refractivity (Wildman–Crippen MR) is 98.8 cm³/mol. The third kappa shape index (κ3) is 3.78. The molecule has 2 aromatic carbocycles. The van der Waals surface area contributed by atoms with Crippen molar-refractivity contribution in [3.05, 3.63) is 57.6 Å². The van der Waals surface area contributed by atoms with Gasteiger partial charge in [0.1, 0.15) is 11.9 Å². The van der Waals surface area contributed by atoms with Crippen LogP contribution in [0.25, 0.3) is 0 Å². The first-order valence-corrected chi connectivity index (χ1v) is 9.91. The number of halogens is 2. The molecule has 0 aromatic heterocycles. The summed E-state index contributed by atoms with van der Waals surface area (Å²) >= 11 is 12.5. The summed E-state index contributed by atoms with van der Waals surface area (Å²) in [6, 6.07) is 9.73. The van der Waals surface area contributed by atoms with Crippen molar-refractivity contribution in [3.8, 4) is 5.75 Å². The van der Waals surface area contributed by atoms with Crippen molar-refractivity contribution in [2.75, 3.05) is 14.1 Å². The summed E-state index contributed by atoms with van der Waals surface area (Å²) in [5.41, 5.74) is 1.97. The molecule has 0 heterocycles. The molecule has 0 amide bonds. The fourth-order valence-corrected chi connectivity index (χ4v) is 4.17. The van der Waals surface area contributed by atoms with Gasteiger partial charge in [0.25, 0.3) is 0 Å². The SMILES string of the molecule is CN(C)[C@H]1Cc2c(Cl)cc(Cl)cc2[C@@H]1Oc1ccc(S(N)(=O)=O)cc1. The van der Waals surface area contributed by atoms with Crippen LogP contribution in [0.15, 0.2) is 41.3 Å². The molecule has 0 saturated carbocycles. The third-order valence-electron chi connectivity index (χ3n) is 4.34. The minimum Gasteiger partial charge on any atom is -0.484 e. The third-order valence-corrected chi connectivity index (χ3v) is 5.83. The molecule has 2 atom stereocenters. The minimum atomic E-state index is -3.73. The van der Waals surface area contributed by atoms with Crippen molar-refractivity contribution < 1.29 is 13.2 Å². The van der Waals surface area contributed by atoms with Crippen LogP contribution in [0.4, 0.5) is 0 Å². The van der Waals surface area contributed by atoms with Crippen molar-refractivity contribution in [2.24, 2.45) is 5.14 Å². The number of primary sulfonamides is 1. The molecular weight excluding hydrogens is 383 g/mol. The van der Waals surface area contributed by atoms with E-state index in [1.54, 1.807) is 18.2 Å². The topological polar surface area (TPSA) is 72.6 Å². The van der Waals surface area contributed by atoms with Gasteiger partial charge in [0.15, 0.2) is 0 Å². The van der Waals surface area contributed by atoms with Crippen LogP contribution in [0.2, 0.25) is 10.0 Å². The molecule has 3 rings (SSSR count). The highest BCUT2D eigenvalue weighted by Gasteiger charge is 2.37. The van der Waals surface area contributed by atoms with E-state index < -0.39 is 10.0 Å². The number of rotatable bonds is 4. The zero-order chi connectivity index (χ0) is 18.4. The fraction of sp³-hybridized carbons (Fsp3) is 0.294. The second-order valence-electron chi connectivity index (χ2n) is 6.25. The maximum atomic E-state index is 11.4. The zero-order valence-electron chi connectivity index (χ0n) is 13.7. The van der Waals surface area contributed by atoms with Gasteiger partial charge >= 0.3 is 0 Å². The predicted octanol–water partition coefficient (Wildman–Crippen LogP) is 3.25. The molecule has 2 N–H and O–H groups in total. The molecule has 2 aromatic rings. The Balaban J connectivity index is 1.95. The molecule has 0 unspecified atom stereocenters. The number of sulfonamides is 1. The summed E-state index contributed by atoms with van der Waals surface area (Å²) in [7, 11) is 0.228. The Bertz CT molecular complexity index is 899. The Kier molecular flexibility index (Phi) is 5.01. The molecule has 0 spiro atoms. The Morgan fingerprint density at radius 3 is 2.36 bits per heavy atom. The van der Waals surface area contributed by atoms with Gasteiger partial charge in [0.05, 0.1) is 10.9 Å². The summed E-state index contributed by atoms with van der Waals surface area (Å²) in [6.07, 6.45) is 0.486. The van der Waals surface area contributed by atoms with Crippen LogP contribution < -0.4 is 9.88 Å². The van der Waals surface area contributed by atoms with Crippen molar-refractivity contribution >= 4 is 33.2 Å². The molecular formula is C17H18Cl2N2O3S. The summed E-state index contributed by atoms with van der Waals surface area (Å²) in [4.78, 5) is 2.12. The number of hydrogen-bond acceptors (Lipinski definition) is 4. The van der Waals surface area contributed by atoms with E-state index in [0.29, 0.717) is 15.8 Å². The summed E-state index contributed by atoms with van der Waals surface area (Å²) in [5.74, 6) is 0.549. The van der Waals surface area contributed by atoms with Gasteiger partial charge in [-0.3, -0.25) is 0 Å². The van der Waals surface area contributed by atoms with Gasteiger partial charge in [-0.25, -0.2) is 13.6 Å². The second kappa shape index (κ2) is 6.78. The Morgan fingerprint density at radius 1 is 1.16 bits per heavy atom. The first kappa shape index (κ1) is 18.5. The molecule has 0 saturated heterocycles. The van der Waals surface area contributed by atoms with Gasteiger partial charge in [-0.1, -0.05) is 23.2 Å². The molecule has 5 nitrogen and oxygen atoms in total. The van der Waals surface area contributed by atoms with Crippen molar-refractivity contribution in [1.82, 2.24) is 4.90 Å². The number of ether oxygens (including phenoxy) is 1. The van der Waals surface area contributed by atoms with Crippen molar-refractivity contribution in [3.63, 3.8) is 0 Å². The van der Waals surface area contributed by atoms with Crippen LogP contribution >= 0.6 is 23.2 Å². The van der Waals surface area contributed by atoms with Crippen LogP contribution in [0.5, 0.6) is 5.75 Å². The highest BCUT2D eigenvalue weighted by molar-refractivity contribution is 7.89. The van der Waals surface area contributed by atoms with Gasteiger partial charge in [-0.05, 0) is 62.5 Å². The van der Waals surface area contributed by atoms with Crippen LogP contribution in [0.3, 0.4) is 0 Å². The van der Waals surface area contributed by atoms with E-state index in [2.05, 4.69) is 4.90 Å². The highest BCUT2D eigenvalue weighted by Crippen LogP contribution is 2.42. The van der Waals surface area contributed by atoms with Gasteiger partial charge in [-0.2, -0.15) is 0 Å². The minimum absolute atomic E-state index is 0.0434. The molecule has 0 aliphatic heterocycles. The molecule has 1 aliphatic rings. The van der Waals surface area contributed by atoms with Crippen LogP contribution in [0, 0.1) is 0 Å². The molecule has 8 heteroatoms. The first-order valence-electron chi connectivity index (χ1n) is 7.60. The van der Waals surface area contributed by atoms with Crippen LogP contribution in [0.1, 0.15) is 17.2 Å². The number of hydrogen-bond donors (Lipinski definition) is 1. The maximum Gasteiger partial charge on any atom is 0.238 e. The number of fused-ring (bicyclic) bond motifs is 1. The summed E-state index contributed by atoms with van der Waals surface area (Å²) < 4.78 is 28.9. The second-order valence-corrected chi connectivity index (χ2v) is 8.65. The molecule has 25 heavy (non-hydrogen) atoms. The lowest BCUT2D eigenvalue weighted by Crippen LogP contribution is -2.34. The van der Waals surface area contributed by atoms with E-state index >= 15 is 0 Å². The Hall–Kier alpha value is -1.31. The van der Waals surface area contributed by atoms with Crippen LogP contribution in [-0.2, 0) is 16.4 Å². The number of likely N-dealkylation sites (N-methyl/N-ethyl adjacent to an activating group) is 1. The van der Waals surface area contributed by atoms with Gasteiger partial charge in [-0.15, -0.1) is 0 Å². The van der Waals surface area contributed by atoms with E-state index in [9.17, 15) is 8.42 Å². The van der Waals surface area contributed by atoms with Crippen LogP contribution in [-0.4, -0.2) is 33.5 Å². The number of benzene rings is 2. The van der Waals surface area contributed by atoms with Crippen molar-refractivity contribution in [1.29, 1.82) is 0 Å². The largest absolute Gasteiger partial charge is 0.484 e. The van der Waals surface area contributed by atoms with E-state index in [1.165, 1.54) is 12.1 Å².